The summed E-state index contributed by atoms with van der Waals surface area (Å²) in [5.74, 6) is -6.27. The maximum atomic E-state index is 13.2. The van der Waals surface area contributed by atoms with Crippen molar-refractivity contribution in [1.29, 1.82) is 0 Å². The molecule has 0 spiro atoms. The molecule has 27 heavy (non-hydrogen) atoms. The molecule has 0 fully saturated rings. The largest absolute Gasteiger partial charge is 0.468 e. The van der Waals surface area contributed by atoms with E-state index in [9.17, 15) is 23.6 Å². The monoisotopic (exact) mass is 383 g/mol. The van der Waals surface area contributed by atoms with Crippen LogP contribution < -0.4 is 5.32 Å². The smallest absolute Gasteiger partial charge is 0.328 e. The van der Waals surface area contributed by atoms with Crippen molar-refractivity contribution < 1.29 is 37.8 Å². The first-order chi connectivity index (χ1) is 12.7. The number of benzene rings is 1. The van der Waals surface area contributed by atoms with E-state index in [1.54, 1.807) is 6.07 Å². The molecule has 0 aromatic heterocycles. The lowest BCUT2D eigenvalue weighted by atomic mass is 9.87. The number of amides is 1. The molecule has 1 aromatic rings. The second-order valence-electron chi connectivity index (χ2n) is 5.76. The molecule has 8 nitrogen and oxygen atoms in total. The predicted octanol–water partition coefficient (Wildman–Crippen LogP) is 0.624. The van der Waals surface area contributed by atoms with Crippen LogP contribution in [0.4, 0.5) is 4.39 Å². The Morgan fingerprint density at radius 1 is 1.00 bits per heavy atom. The van der Waals surface area contributed by atoms with Gasteiger partial charge in [0.1, 0.15) is 11.9 Å². The van der Waals surface area contributed by atoms with Gasteiger partial charge in [-0.15, -0.1) is 0 Å². The van der Waals surface area contributed by atoms with E-state index < -0.39 is 47.5 Å². The summed E-state index contributed by atoms with van der Waals surface area (Å²) in [5, 5.41) is 2.42. The Morgan fingerprint density at radius 2 is 1.56 bits per heavy atom. The highest BCUT2D eigenvalue weighted by Gasteiger charge is 2.42. The third-order valence-electron chi connectivity index (χ3n) is 3.99. The number of hydrogen-bond acceptors (Lipinski definition) is 7. The molecule has 0 saturated carbocycles. The summed E-state index contributed by atoms with van der Waals surface area (Å²) >= 11 is 0. The van der Waals surface area contributed by atoms with Crippen LogP contribution in [-0.4, -0.2) is 51.2 Å². The van der Waals surface area contributed by atoms with Crippen molar-refractivity contribution >= 4 is 23.8 Å². The van der Waals surface area contributed by atoms with Crippen molar-refractivity contribution in [3.63, 3.8) is 0 Å². The van der Waals surface area contributed by atoms with Crippen LogP contribution in [0.25, 0.3) is 0 Å². The highest BCUT2D eigenvalue weighted by atomic mass is 19.1. The van der Waals surface area contributed by atoms with E-state index in [4.69, 9.17) is 0 Å². The first-order valence-electron chi connectivity index (χ1n) is 8.02. The first-order valence-corrected chi connectivity index (χ1v) is 8.02. The Labute approximate surface area is 156 Å². The molecule has 0 aliphatic rings. The number of nitrogens with one attached hydrogen (secondary N) is 1. The lowest BCUT2D eigenvalue weighted by Gasteiger charge is -2.27. The standard InChI is InChI=1S/C18H22FNO7/c1-10(14(16(22)25-2)17(23)26-3)15(18(24)27-4)20-13(21)9-11-6-5-7-12(19)8-11/h5-8,10,14-15H,9H2,1-4H3,(H,20,21)/t10-,15+/m1/s1. The summed E-state index contributed by atoms with van der Waals surface area (Å²) < 4.78 is 27.1. The molecule has 148 valence electrons. The van der Waals surface area contributed by atoms with Gasteiger partial charge in [-0.1, -0.05) is 19.1 Å². The number of halogens is 1. The van der Waals surface area contributed by atoms with Gasteiger partial charge in [0.2, 0.25) is 5.91 Å². The molecular weight excluding hydrogens is 361 g/mol. The van der Waals surface area contributed by atoms with Gasteiger partial charge in [-0.05, 0) is 17.7 Å². The number of rotatable bonds is 8. The third-order valence-corrected chi connectivity index (χ3v) is 3.99. The Balaban J connectivity index is 3.02. The van der Waals surface area contributed by atoms with Gasteiger partial charge in [-0.2, -0.15) is 0 Å². The minimum atomic E-state index is -1.45. The van der Waals surface area contributed by atoms with Gasteiger partial charge in [0.15, 0.2) is 5.92 Å². The zero-order chi connectivity index (χ0) is 20.6. The molecule has 1 amide bonds. The maximum Gasteiger partial charge on any atom is 0.328 e. The van der Waals surface area contributed by atoms with Crippen molar-refractivity contribution in [2.45, 2.75) is 19.4 Å². The van der Waals surface area contributed by atoms with E-state index in [-0.39, 0.29) is 6.42 Å². The fourth-order valence-corrected chi connectivity index (χ4v) is 2.56. The predicted molar refractivity (Wildman–Crippen MR) is 90.7 cm³/mol. The number of carbonyl (C=O) groups is 4. The summed E-state index contributed by atoms with van der Waals surface area (Å²) in [6.07, 6.45) is -0.209. The molecule has 1 N–H and O–H groups in total. The molecule has 0 unspecified atom stereocenters. The first kappa shape index (κ1) is 22.1. The fraction of sp³-hybridized carbons (Fsp3) is 0.444. The van der Waals surface area contributed by atoms with Gasteiger partial charge >= 0.3 is 17.9 Å². The van der Waals surface area contributed by atoms with Crippen molar-refractivity contribution in [1.82, 2.24) is 5.32 Å². The molecule has 0 radical (unpaired) electrons. The van der Waals surface area contributed by atoms with Gasteiger partial charge in [0.25, 0.3) is 0 Å². The van der Waals surface area contributed by atoms with Crippen LogP contribution in [0, 0.1) is 17.7 Å². The second-order valence-corrected chi connectivity index (χ2v) is 5.76. The molecule has 0 aliphatic carbocycles. The van der Waals surface area contributed by atoms with E-state index in [1.165, 1.54) is 25.1 Å². The lowest BCUT2D eigenvalue weighted by molar-refractivity contribution is -0.163. The average molecular weight is 383 g/mol. The zero-order valence-electron chi connectivity index (χ0n) is 15.5. The van der Waals surface area contributed by atoms with Gasteiger partial charge in [-0.25, -0.2) is 9.18 Å². The van der Waals surface area contributed by atoms with Crippen molar-refractivity contribution in [2.75, 3.05) is 21.3 Å². The Morgan fingerprint density at radius 3 is 2.04 bits per heavy atom. The number of methoxy groups -OCH3 is 3. The molecule has 0 heterocycles. The third kappa shape index (κ3) is 6.05. The summed E-state index contributed by atoms with van der Waals surface area (Å²) in [6.45, 7) is 1.41. The van der Waals surface area contributed by atoms with Crippen LogP contribution in [0.5, 0.6) is 0 Å². The molecular formula is C18H22FNO7. The van der Waals surface area contributed by atoms with E-state index in [2.05, 4.69) is 19.5 Å². The SMILES string of the molecule is COC(=O)C(C(=O)OC)[C@@H](C)[C@H](NC(=O)Cc1cccc(F)c1)C(=O)OC. The summed E-state index contributed by atoms with van der Waals surface area (Å²) in [5.41, 5.74) is 0.390. The molecule has 2 atom stereocenters. The Bertz CT molecular complexity index is 691. The molecule has 1 rings (SSSR count). The highest BCUT2D eigenvalue weighted by molar-refractivity contribution is 5.96. The van der Waals surface area contributed by atoms with Crippen molar-refractivity contribution in [3.05, 3.63) is 35.6 Å². The molecule has 0 aliphatic heterocycles. The second kappa shape index (κ2) is 10.2. The Hall–Kier alpha value is -2.97. The fourth-order valence-electron chi connectivity index (χ4n) is 2.56. The van der Waals surface area contributed by atoms with E-state index in [1.807, 2.05) is 0 Å². The number of esters is 3. The zero-order valence-corrected chi connectivity index (χ0v) is 15.5. The molecule has 0 bridgehead atoms. The molecule has 0 saturated heterocycles. The lowest BCUT2D eigenvalue weighted by Crippen LogP contribution is -2.51. The quantitative estimate of drug-likeness (QED) is 0.398. The number of carbonyl (C=O) groups excluding carboxylic acids is 4. The van der Waals surface area contributed by atoms with Gasteiger partial charge in [-0.3, -0.25) is 14.4 Å². The van der Waals surface area contributed by atoms with Crippen molar-refractivity contribution in [3.8, 4) is 0 Å². The average Bonchev–Trinajstić information content (AvgIpc) is 2.65. The normalized spacial score (nSPS) is 12.7. The number of hydrogen-bond donors (Lipinski definition) is 1. The van der Waals surface area contributed by atoms with Crippen LogP contribution >= 0.6 is 0 Å². The van der Waals surface area contributed by atoms with E-state index in [0.717, 1.165) is 21.3 Å². The van der Waals surface area contributed by atoms with E-state index >= 15 is 0 Å². The maximum absolute atomic E-state index is 13.2. The summed E-state index contributed by atoms with van der Waals surface area (Å²) in [4.78, 5) is 48.3. The van der Waals surface area contributed by atoms with Crippen LogP contribution in [0.15, 0.2) is 24.3 Å². The van der Waals surface area contributed by atoms with Crippen LogP contribution in [0.1, 0.15) is 12.5 Å². The topological polar surface area (TPSA) is 108 Å². The minimum absolute atomic E-state index is 0.209. The van der Waals surface area contributed by atoms with Gasteiger partial charge < -0.3 is 19.5 Å². The molecule has 1 aromatic carbocycles. The van der Waals surface area contributed by atoms with Crippen molar-refractivity contribution in [2.24, 2.45) is 11.8 Å². The van der Waals surface area contributed by atoms with Crippen LogP contribution in [0.3, 0.4) is 0 Å². The van der Waals surface area contributed by atoms with E-state index in [0.29, 0.717) is 5.56 Å². The van der Waals surface area contributed by atoms with Gasteiger partial charge in [0.05, 0.1) is 27.8 Å². The number of ether oxygens (including phenoxy) is 3. The van der Waals surface area contributed by atoms with Crippen LogP contribution in [-0.2, 0) is 39.8 Å². The Kier molecular flexibility index (Phi) is 8.37. The van der Waals surface area contributed by atoms with Crippen LogP contribution in [0.2, 0.25) is 0 Å². The summed E-state index contributed by atoms with van der Waals surface area (Å²) in [6, 6.07) is 4.09. The molecule has 9 heteroatoms. The minimum Gasteiger partial charge on any atom is -0.468 e. The summed E-state index contributed by atoms with van der Waals surface area (Å²) in [7, 11) is 3.27. The highest BCUT2D eigenvalue weighted by Crippen LogP contribution is 2.20. The van der Waals surface area contributed by atoms with Gasteiger partial charge in [0, 0.05) is 5.92 Å².